The van der Waals surface area contributed by atoms with Crippen LogP contribution in [0.5, 0.6) is 0 Å². The van der Waals surface area contributed by atoms with Gasteiger partial charge in [-0.25, -0.2) is 4.79 Å². The van der Waals surface area contributed by atoms with Crippen LogP contribution in [0, 0.1) is 11.3 Å². The van der Waals surface area contributed by atoms with Gasteiger partial charge >= 0.3 is 6.03 Å². The fraction of sp³-hybridized carbons (Fsp3) is 0.583. The number of hydrogen-bond acceptors (Lipinski definition) is 3. The number of nitrogens with one attached hydrogen (secondary N) is 2. The van der Waals surface area contributed by atoms with Gasteiger partial charge in [-0.2, -0.15) is 0 Å². The molecule has 0 aromatic heterocycles. The van der Waals surface area contributed by atoms with Gasteiger partial charge in [-0.1, -0.05) is 26.3 Å². The maximum absolute atomic E-state index is 11.9. The molecule has 0 aromatic carbocycles. The van der Waals surface area contributed by atoms with Crippen molar-refractivity contribution >= 4 is 17.8 Å². The Labute approximate surface area is 101 Å². The van der Waals surface area contributed by atoms with Crippen LogP contribution >= 0.6 is 0 Å². The smallest absolute Gasteiger partial charge is 0.277 e. The van der Waals surface area contributed by atoms with E-state index in [2.05, 4.69) is 17.2 Å². The molecule has 1 aliphatic heterocycles. The van der Waals surface area contributed by atoms with Gasteiger partial charge < -0.3 is 0 Å². The van der Waals surface area contributed by atoms with Gasteiger partial charge in [-0.15, -0.1) is 6.58 Å². The monoisotopic (exact) mass is 238 g/mol. The minimum absolute atomic E-state index is 0.222. The zero-order chi connectivity index (χ0) is 13.1. The first-order chi connectivity index (χ1) is 7.96. The van der Waals surface area contributed by atoms with E-state index in [0.717, 1.165) is 6.42 Å². The van der Waals surface area contributed by atoms with Gasteiger partial charge in [0.25, 0.3) is 0 Å². The zero-order valence-corrected chi connectivity index (χ0v) is 10.2. The molecule has 1 aliphatic rings. The lowest BCUT2D eigenvalue weighted by Crippen LogP contribution is -2.62. The third-order valence-electron chi connectivity index (χ3n) is 3.21. The highest BCUT2D eigenvalue weighted by Gasteiger charge is 2.49. The Balaban J connectivity index is 3.03. The van der Waals surface area contributed by atoms with Gasteiger partial charge in [0.2, 0.25) is 11.8 Å². The summed E-state index contributed by atoms with van der Waals surface area (Å²) in [6.45, 7) is 7.55. The molecule has 0 radical (unpaired) electrons. The summed E-state index contributed by atoms with van der Waals surface area (Å²) in [5.41, 5.74) is -1.19. The molecule has 5 heteroatoms. The molecule has 1 atom stereocenters. The Hall–Kier alpha value is -1.65. The largest absolute Gasteiger partial charge is 0.328 e. The van der Waals surface area contributed by atoms with E-state index in [1.807, 2.05) is 13.8 Å². The molecule has 1 unspecified atom stereocenters. The van der Waals surface area contributed by atoms with E-state index in [0.29, 0.717) is 6.42 Å². The van der Waals surface area contributed by atoms with Crippen LogP contribution in [0.3, 0.4) is 0 Å². The molecule has 94 valence electrons. The standard InChI is InChI=1S/C12H18N2O3/c1-4-6-12(7-8(3)5-2)9(15)13-11(17)14-10(12)16/h4,8H,1,5-7H2,2-3H3,(H2,13,14,15,16,17). The minimum Gasteiger partial charge on any atom is -0.277 e. The van der Waals surface area contributed by atoms with Crippen LogP contribution in [0.25, 0.3) is 0 Å². The van der Waals surface area contributed by atoms with Gasteiger partial charge in [-0.3, -0.25) is 20.2 Å². The van der Waals surface area contributed by atoms with Gasteiger partial charge in [-0.05, 0) is 18.8 Å². The molecule has 17 heavy (non-hydrogen) atoms. The summed E-state index contributed by atoms with van der Waals surface area (Å²) >= 11 is 0. The van der Waals surface area contributed by atoms with E-state index in [1.165, 1.54) is 6.08 Å². The molecule has 0 bridgehead atoms. The molecule has 1 heterocycles. The van der Waals surface area contributed by atoms with Crippen molar-refractivity contribution in [3.63, 3.8) is 0 Å². The number of imide groups is 2. The number of urea groups is 1. The maximum Gasteiger partial charge on any atom is 0.328 e. The quantitative estimate of drug-likeness (QED) is 0.560. The summed E-state index contributed by atoms with van der Waals surface area (Å²) in [4.78, 5) is 34.9. The number of hydrogen-bond donors (Lipinski definition) is 2. The van der Waals surface area contributed by atoms with Crippen LogP contribution in [-0.2, 0) is 9.59 Å². The number of carbonyl (C=O) groups is 3. The molecule has 5 nitrogen and oxygen atoms in total. The Morgan fingerprint density at radius 2 is 1.82 bits per heavy atom. The summed E-state index contributed by atoms with van der Waals surface area (Å²) in [5, 5.41) is 4.31. The number of barbiturate groups is 1. The maximum atomic E-state index is 11.9. The molecule has 0 saturated carbocycles. The van der Waals surface area contributed by atoms with E-state index in [-0.39, 0.29) is 12.3 Å². The van der Waals surface area contributed by atoms with Crippen LogP contribution in [-0.4, -0.2) is 17.8 Å². The molecule has 0 aromatic rings. The third kappa shape index (κ3) is 2.54. The van der Waals surface area contributed by atoms with Gasteiger partial charge in [0, 0.05) is 0 Å². The van der Waals surface area contributed by atoms with Crippen LogP contribution in [0.15, 0.2) is 12.7 Å². The predicted molar refractivity (Wildman–Crippen MR) is 63.0 cm³/mol. The fourth-order valence-electron chi connectivity index (χ4n) is 2.02. The predicted octanol–water partition coefficient (Wildman–Crippen LogP) is 1.35. The number of carbonyl (C=O) groups excluding carboxylic acids is 3. The summed E-state index contributed by atoms with van der Waals surface area (Å²) in [6.07, 6.45) is 3.06. The lowest BCUT2D eigenvalue weighted by molar-refractivity contribution is -0.145. The fourth-order valence-corrected chi connectivity index (χ4v) is 2.02. The SMILES string of the molecule is C=CCC1(CC(C)CC)C(=O)NC(=O)NC1=O. The first-order valence-electron chi connectivity index (χ1n) is 5.74. The van der Waals surface area contributed by atoms with Crippen molar-refractivity contribution in [1.29, 1.82) is 0 Å². The molecule has 1 saturated heterocycles. The summed E-state index contributed by atoms with van der Waals surface area (Å²) in [5.74, 6) is -0.822. The Morgan fingerprint density at radius 3 is 2.24 bits per heavy atom. The minimum atomic E-state index is -1.19. The lowest BCUT2D eigenvalue weighted by atomic mass is 9.74. The van der Waals surface area contributed by atoms with Crippen molar-refractivity contribution in [3.05, 3.63) is 12.7 Å². The van der Waals surface area contributed by atoms with E-state index >= 15 is 0 Å². The second kappa shape index (κ2) is 5.12. The molecular weight excluding hydrogens is 220 g/mol. The molecule has 0 aliphatic carbocycles. The lowest BCUT2D eigenvalue weighted by Gasteiger charge is -2.34. The molecule has 1 rings (SSSR count). The van der Waals surface area contributed by atoms with Crippen molar-refractivity contribution in [3.8, 4) is 0 Å². The second-order valence-electron chi connectivity index (χ2n) is 4.53. The van der Waals surface area contributed by atoms with Gasteiger partial charge in [0.15, 0.2) is 0 Å². The number of rotatable bonds is 5. The average Bonchev–Trinajstić information content (AvgIpc) is 2.25. The molecule has 1 fully saturated rings. The highest BCUT2D eigenvalue weighted by molar-refractivity contribution is 6.19. The second-order valence-corrected chi connectivity index (χ2v) is 4.53. The van der Waals surface area contributed by atoms with Crippen LogP contribution in [0.1, 0.15) is 33.1 Å². The van der Waals surface area contributed by atoms with Crippen molar-refractivity contribution in [2.24, 2.45) is 11.3 Å². The van der Waals surface area contributed by atoms with E-state index < -0.39 is 23.3 Å². The normalized spacial score (nSPS) is 20.5. The van der Waals surface area contributed by atoms with E-state index in [4.69, 9.17) is 0 Å². The highest BCUT2D eigenvalue weighted by atomic mass is 16.2. The molecular formula is C12H18N2O3. The highest BCUT2D eigenvalue weighted by Crippen LogP contribution is 2.34. The van der Waals surface area contributed by atoms with Crippen molar-refractivity contribution in [1.82, 2.24) is 10.6 Å². The van der Waals surface area contributed by atoms with Crippen LogP contribution in [0.2, 0.25) is 0 Å². The first kappa shape index (κ1) is 13.4. The van der Waals surface area contributed by atoms with Crippen LogP contribution < -0.4 is 10.6 Å². The van der Waals surface area contributed by atoms with Crippen molar-refractivity contribution in [2.75, 3.05) is 0 Å². The molecule has 4 amide bonds. The van der Waals surface area contributed by atoms with E-state index in [9.17, 15) is 14.4 Å². The summed E-state index contributed by atoms with van der Waals surface area (Å²) < 4.78 is 0. The zero-order valence-electron chi connectivity index (χ0n) is 10.2. The molecule has 2 N–H and O–H groups in total. The Morgan fingerprint density at radius 1 is 1.29 bits per heavy atom. The molecule has 0 spiro atoms. The Kier molecular flexibility index (Phi) is 4.04. The first-order valence-corrected chi connectivity index (χ1v) is 5.74. The summed E-state index contributed by atoms with van der Waals surface area (Å²) in [6, 6.07) is -0.746. The average molecular weight is 238 g/mol. The Bertz CT molecular complexity index is 343. The van der Waals surface area contributed by atoms with Crippen LogP contribution in [0.4, 0.5) is 4.79 Å². The topological polar surface area (TPSA) is 75.3 Å². The third-order valence-corrected chi connectivity index (χ3v) is 3.21. The number of amides is 4. The summed E-state index contributed by atoms with van der Waals surface area (Å²) in [7, 11) is 0. The van der Waals surface area contributed by atoms with Crippen molar-refractivity contribution < 1.29 is 14.4 Å². The van der Waals surface area contributed by atoms with E-state index in [1.54, 1.807) is 0 Å². The number of allylic oxidation sites excluding steroid dienone is 1. The van der Waals surface area contributed by atoms with Gasteiger partial charge in [0.1, 0.15) is 5.41 Å². The van der Waals surface area contributed by atoms with Crippen molar-refractivity contribution in [2.45, 2.75) is 33.1 Å². The van der Waals surface area contributed by atoms with Gasteiger partial charge in [0.05, 0.1) is 0 Å².